The molecule has 1 aliphatic rings. The average Bonchev–Trinajstić information content (AvgIpc) is 3.07. The second-order valence-electron chi connectivity index (χ2n) is 13.5. The van der Waals surface area contributed by atoms with Crippen molar-refractivity contribution >= 4 is 17.8 Å². The summed E-state index contributed by atoms with van der Waals surface area (Å²) in [6.07, 6.45) is 1.67. The molecule has 0 saturated carbocycles. The Morgan fingerprint density at radius 2 is 1.73 bits per heavy atom. The van der Waals surface area contributed by atoms with Gasteiger partial charge in [0.1, 0.15) is 47.3 Å². The lowest BCUT2D eigenvalue weighted by Gasteiger charge is -2.40. The number of amides is 1. The topological polar surface area (TPSA) is 144 Å². The Labute approximate surface area is 298 Å². The van der Waals surface area contributed by atoms with Crippen LogP contribution in [0.2, 0.25) is 0 Å². The van der Waals surface area contributed by atoms with Crippen LogP contribution in [0.4, 0.5) is 22.4 Å². The summed E-state index contributed by atoms with van der Waals surface area (Å²) in [4.78, 5) is 47.3. The van der Waals surface area contributed by atoms with Crippen LogP contribution in [0, 0.1) is 23.3 Å². The van der Waals surface area contributed by atoms with Crippen LogP contribution in [0.1, 0.15) is 75.1 Å². The highest BCUT2D eigenvalue weighted by atomic mass is 19.1. The highest BCUT2D eigenvalue weighted by Crippen LogP contribution is 2.33. The highest BCUT2D eigenvalue weighted by Gasteiger charge is 2.36. The molecular weight excluding hydrogens is 686 g/mol. The van der Waals surface area contributed by atoms with Gasteiger partial charge in [-0.25, -0.2) is 22.4 Å². The van der Waals surface area contributed by atoms with E-state index in [-0.39, 0.29) is 61.3 Å². The lowest BCUT2D eigenvalue weighted by atomic mass is 9.82. The Balaban J connectivity index is 1.56. The van der Waals surface area contributed by atoms with E-state index in [2.05, 4.69) is 15.0 Å². The minimum absolute atomic E-state index is 0.0206. The Hall–Kier alpha value is -5.01. The zero-order valence-corrected chi connectivity index (χ0v) is 29.4. The molecule has 4 rings (SSSR count). The summed E-state index contributed by atoms with van der Waals surface area (Å²) in [5.74, 6) is -5.53. The number of hydrogen-bond donors (Lipinski definition) is 0. The molecule has 0 bridgehead atoms. The second kappa shape index (κ2) is 18.0. The van der Waals surface area contributed by atoms with Crippen molar-refractivity contribution < 1.29 is 46.2 Å². The lowest BCUT2D eigenvalue weighted by Crippen LogP contribution is -2.55. The number of carbonyl (C=O) groups is 3. The summed E-state index contributed by atoms with van der Waals surface area (Å²) >= 11 is 0. The number of nitrogens with zero attached hydrogens (tertiary/aromatic N) is 5. The van der Waals surface area contributed by atoms with Gasteiger partial charge in [0.15, 0.2) is 0 Å². The predicted molar refractivity (Wildman–Crippen MR) is 181 cm³/mol. The van der Waals surface area contributed by atoms with Gasteiger partial charge in [-0.1, -0.05) is 24.2 Å². The van der Waals surface area contributed by atoms with Gasteiger partial charge >= 0.3 is 12.1 Å². The largest absolute Gasteiger partial charge is 0.463 e. The van der Waals surface area contributed by atoms with Gasteiger partial charge < -0.3 is 14.2 Å². The molecule has 3 aromatic rings. The normalized spacial score (nSPS) is 17.1. The van der Waals surface area contributed by atoms with Crippen LogP contribution in [0.5, 0.6) is 0 Å². The quantitative estimate of drug-likeness (QED) is 0.0549. The molecule has 52 heavy (non-hydrogen) atoms. The lowest BCUT2D eigenvalue weighted by molar-refractivity contribution is -0.149. The van der Waals surface area contributed by atoms with Crippen molar-refractivity contribution in [1.82, 2.24) is 9.88 Å². The molecule has 278 valence electrons. The van der Waals surface area contributed by atoms with Gasteiger partial charge in [-0.3, -0.25) is 19.5 Å². The molecule has 1 aromatic heterocycles. The molecule has 1 aliphatic heterocycles. The summed E-state index contributed by atoms with van der Waals surface area (Å²) in [6, 6.07) is 5.27. The fraction of sp³-hybridized carbons (Fsp3) is 0.459. The minimum Gasteiger partial charge on any atom is -0.463 e. The van der Waals surface area contributed by atoms with Gasteiger partial charge in [0.25, 0.3) is 0 Å². The fourth-order valence-corrected chi connectivity index (χ4v) is 5.97. The molecule has 2 heterocycles. The van der Waals surface area contributed by atoms with Gasteiger partial charge in [0, 0.05) is 35.9 Å². The Bertz CT molecular complexity index is 1760. The molecule has 0 N–H and O–H groups in total. The van der Waals surface area contributed by atoms with Crippen molar-refractivity contribution in [1.29, 1.82) is 0 Å². The second-order valence-corrected chi connectivity index (χ2v) is 13.5. The molecule has 15 heteroatoms. The number of Topliss-reactive ketones (excluding diaryl/α,β-unsaturated/α-hetero) is 1. The number of morpholine rings is 1. The van der Waals surface area contributed by atoms with E-state index in [1.54, 1.807) is 20.8 Å². The van der Waals surface area contributed by atoms with Gasteiger partial charge in [0.2, 0.25) is 0 Å². The molecular formula is C37H41F4N5O6. The van der Waals surface area contributed by atoms with E-state index in [4.69, 9.17) is 14.2 Å². The van der Waals surface area contributed by atoms with E-state index in [0.717, 1.165) is 30.5 Å². The van der Waals surface area contributed by atoms with E-state index in [1.165, 1.54) is 23.2 Å². The van der Waals surface area contributed by atoms with Crippen molar-refractivity contribution in [2.24, 2.45) is 5.11 Å². The average molecular weight is 728 g/mol. The molecule has 0 aliphatic carbocycles. The van der Waals surface area contributed by atoms with Crippen molar-refractivity contribution in [2.75, 3.05) is 19.8 Å². The number of rotatable bonds is 14. The number of aromatic nitrogens is 1. The van der Waals surface area contributed by atoms with E-state index >= 15 is 4.39 Å². The van der Waals surface area contributed by atoms with Crippen LogP contribution < -0.4 is 0 Å². The molecule has 0 unspecified atom stereocenters. The number of azide groups is 1. The van der Waals surface area contributed by atoms with Crippen LogP contribution in [0.25, 0.3) is 10.4 Å². The zero-order chi connectivity index (χ0) is 38.0. The summed E-state index contributed by atoms with van der Waals surface area (Å²) < 4.78 is 74.9. The number of esters is 1. The van der Waals surface area contributed by atoms with Gasteiger partial charge in [-0.05, 0) is 92.1 Å². The number of benzene rings is 2. The SMILES string of the molecule is CCCC(=O)OC[C@@H]1CO[C@H](CCc2c(F)cncc2CC(=O)[C@@H](N=[N+]=[N-])[C@@H](c2ccc(F)cc2)c2cc(F)cc(F)c2)CN1C(=O)OC(C)(C)C. The van der Waals surface area contributed by atoms with Crippen LogP contribution >= 0.6 is 0 Å². The highest BCUT2D eigenvalue weighted by molar-refractivity contribution is 5.88. The number of hydrogen-bond acceptors (Lipinski definition) is 8. The predicted octanol–water partition coefficient (Wildman–Crippen LogP) is 7.54. The Morgan fingerprint density at radius 3 is 2.37 bits per heavy atom. The molecule has 11 nitrogen and oxygen atoms in total. The molecule has 4 atom stereocenters. The number of ether oxygens (including phenoxy) is 3. The number of carbonyl (C=O) groups excluding carboxylic acids is 3. The van der Waals surface area contributed by atoms with Crippen molar-refractivity contribution in [3.8, 4) is 0 Å². The van der Waals surface area contributed by atoms with Crippen LogP contribution in [0.15, 0.2) is 60.0 Å². The van der Waals surface area contributed by atoms with Crippen molar-refractivity contribution in [3.63, 3.8) is 0 Å². The first kappa shape index (κ1) is 39.8. The number of pyridine rings is 1. The third kappa shape index (κ3) is 11.0. The molecule has 1 saturated heterocycles. The molecule has 2 aromatic carbocycles. The monoisotopic (exact) mass is 727 g/mol. The van der Waals surface area contributed by atoms with E-state index in [9.17, 15) is 33.1 Å². The third-order valence-corrected chi connectivity index (χ3v) is 8.35. The van der Waals surface area contributed by atoms with Gasteiger partial charge in [-0.15, -0.1) is 0 Å². The zero-order valence-electron chi connectivity index (χ0n) is 29.4. The summed E-state index contributed by atoms with van der Waals surface area (Å²) in [5.41, 5.74) is 9.16. The smallest absolute Gasteiger partial charge is 0.410 e. The van der Waals surface area contributed by atoms with E-state index < -0.39 is 77.2 Å². The first-order chi connectivity index (χ1) is 24.7. The van der Waals surface area contributed by atoms with E-state index in [1.807, 2.05) is 6.92 Å². The Kier molecular flexibility index (Phi) is 13.7. The van der Waals surface area contributed by atoms with Crippen molar-refractivity contribution in [3.05, 3.63) is 111 Å². The summed E-state index contributed by atoms with van der Waals surface area (Å²) in [5, 5.41) is 3.70. The first-order valence-corrected chi connectivity index (χ1v) is 16.9. The third-order valence-electron chi connectivity index (χ3n) is 8.35. The van der Waals surface area contributed by atoms with Crippen LogP contribution in [0.3, 0.4) is 0 Å². The summed E-state index contributed by atoms with van der Waals surface area (Å²) in [7, 11) is 0. The van der Waals surface area contributed by atoms with Crippen LogP contribution in [-0.4, -0.2) is 71.3 Å². The number of halogens is 4. The first-order valence-electron chi connectivity index (χ1n) is 16.9. The summed E-state index contributed by atoms with van der Waals surface area (Å²) in [6.45, 7) is 6.98. The molecule has 0 radical (unpaired) electrons. The molecule has 0 spiro atoms. The maximum Gasteiger partial charge on any atom is 0.410 e. The standard InChI is InChI=1S/C37H41F4N5O6/c1-5-6-33(48)51-21-28-20-50-29(19-46(28)36(49)52-37(2,3)4)11-12-30-24(17-43-18-31(30)41)15-32(47)35(44-45-42)34(22-7-9-25(38)10-8-22)23-13-26(39)16-27(40)14-23/h7-10,13-14,16-18,28-29,34-35H,5-6,11-12,15,19-21H2,1-4H3/t28-,29+,34-,35+/m0/s1. The van der Waals surface area contributed by atoms with Gasteiger partial charge in [0.05, 0.1) is 31.5 Å². The maximum absolute atomic E-state index is 15.4. The fourth-order valence-electron chi connectivity index (χ4n) is 5.97. The molecule has 1 fully saturated rings. The Morgan fingerprint density at radius 1 is 1.04 bits per heavy atom. The molecule has 1 amide bonds. The van der Waals surface area contributed by atoms with Crippen LogP contribution in [-0.2, 0) is 36.6 Å². The minimum atomic E-state index is -1.57. The maximum atomic E-state index is 15.4. The van der Waals surface area contributed by atoms with Crippen molar-refractivity contribution in [2.45, 2.75) is 89.5 Å². The van der Waals surface area contributed by atoms with E-state index in [0.29, 0.717) is 12.5 Å². The van der Waals surface area contributed by atoms with Gasteiger partial charge in [-0.2, -0.15) is 0 Å². The number of ketones is 1.